The van der Waals surface area contributed by atoms with E-state index in [0.29, 0.717) is 12.0 Å². The van der Waals surface area contributed by atoms with Crippen LogP contribution >= 0.6 is 0 Å². The van der Waals surface area contributed by atoms with Gasteiger partial charge in [-0.3, -0.25) is 0 Å². The van der Waals surface area contributed by atoms with E-state index in [2.05, 4.69) is 15.4 Å². The molecule has 2 heterocycles. The van der Waals surface area contributed by atoms with Crippen molar-refractivity contribution < 1.29 is 0 Å². The molecule has 3 rings (SSSR count). The first-order chi connectivity index (χ1) is 8.74. The number of nitrogens with zero attached hydrogens (tertiary/aromatic N) is 3. The summed E-state index contributed by atoms with van der Waals surface area (Å²) in [5.74, 6) is 0.687. The zero-order valence-electron chi connectivity index (χ0n) is 10.6. The van der Waals surface area contributed by atoms with E-state index >= 15 is 0 Å². The van der Waals surface area contributed by atoms with E-state index in [4.69, 9.17) is 5.73 Å². The molecule has 1 aliphatic carbocycles. The van der Waals surface area contributed by atoms with Crippen LogP contribution in [0.4, 0.5) is 5.95 Å². The largest absolute Gasteiger partial charge is 0.349 e. The van der Waals surface area contributed by atoms with Gasteiger partial charge in [-0.2, -0.15) is 4.98 Å². The van der Waals surface area contributed by atoms with Crippen LogP contribution in [-0.2, 0) is 0 Å². The van der Waals surface area contributed by atoms with Gasteiger partial charge in [-0.05, 0) is 31.9 Å². The summed E-state index contributed by atoms with van der Waals surface area (Å²) < 4.78 is 1.86. The molecule has 1 fully saturated rings. The maximum Gasteiger partial charge on any atom is 0.243 e. The lowest BCUT2D eigenvalue weighted by Gasteiger charge is -2.28. The monoisotopic (exact) mass is 245 g/mol. The Kier molecular flexibility index (Phi) is 2.91. The molecule has 0 spiro atoms. The summed E-state index contributed by atoms with van der Waals surface area (Å²) in [6.45, 7) is 2.03. The van der Waals surface area contributed by atoms with Crippen molar-refractivity contribution in [2.45, 2.75) is 44.7 Å². The second-order valence-electron chi connectivity index (χ2n) is 5.07. The highest BCUT2D eigenvalue weighted by molar-refractivity contribution is 5.44. The Morgan fingerprint density at radius 2 is 2.17 bits per heavy atom. The maximum atomic E-state index is 6.13. The minimum atomic E-state index is 0.214. The first-order valence-corrected chi connectivity index (χ1v) is 6.58. The van der Waals surface area contributed by atoms with Crippen molar-refractivity contribution in [3.05, 3.63) is 23.9 Å². The third-order valence-corrected chi connectivity index (χ3v) is 3.68. The zero-order valence-corrected chi connectivity index (χ0v) is 10.6. The van der Waals surface area contributed by atoms with E-state index in [1.54, 1.807) is 0 Å². The smallest absolute Gasteiger partial charge is 0.243 e. The van der Waals surface area contributed by atoms with Gasteiger partial charge in [0.15, 0.2) is 5.65 Å². The van der Waals surface area contributed by atoms with Gasteiger partial charge in [0.2, 0.25) is 5.95 Å². The van der Waals surface area contributed by atoms with Gasteiger partial charge in [-0.25, -0.2) is 4.52 Å². The van der Waals surface area contributed by atoms with Gasteiger partial charge in [0.05, 0.1) is 0 Å². The molecular weight excluding hydrogens is 226 g/mol. The Morgan fingerprint density at radius 1 is 1.33 bits per heavy atom. The van der Waals surface area contributed by atoms with E-state index in [9.17, 15) is 0 Å². The van der Waals surface area contributed by atoms with Crippen LogP contribution in [-0.4, -0.2) is 26.7 Å². The van der Waals surface area contributed by atoms with E-state index in [1.165, 1.54) is 12.8 Å². The average molecular weight is 245 g/mol. The minimum Gasteiger partial charge on any atom is -0.349 e. The second kappa shape index (κ2) is 4.57. The Morgan fingerprint density at radius 3 is 2.94 bits per heavy atom. The van der Waals surface area contributed by atoms with Gasteiger partial charge in [0.1, 0.15) is 0 Å². The summed E-state index contributed by atoms with van der Waals surface area (Å²) in [6.07, 6.45) is 4.66. The fourth-order valence-corrected chi connectivity index (χ4v) is 2.60. The first-order valence-electron chi connectivity index (χ1n) is 6.58. The molecule has 2 atom stereocenters. The molecule has 1 aliphatic rings. The molecule has 1 saturated carbocycles. The Labute approximate surface area is 106 Å². The van der Waals surface area contributed by atoms with Crippen molar-refractivity contribution in [2.24, 2.45) is 5.73 Å². The van der Waals surface area contributed by atoms with Crippen molar-refractivity contribution in [2.75, 3.05) is 5.32 Å². The third-order valence-electron chi connectivity index (χ3n) is 3.68. The highest BCUT2D eigenvalue weighted by Gasteiger charge is 2.22. The van der Waals surface area contributed by atoms with Crippen molar-refractivity contribution in [1.82, 2.24) is 14.6 Å². The second-order valence-corrected chi connectivity index (χ2v) is 5.07. The quantitative estimate of drug-likeness (QED) is 0.845. The molecule has 5 heteroatoms. The SMILES string of the molecule is Cc1cccc2nc(NC3CCCCC3N)nn12. The molecule has 0 saturated heterocycles. The number of rotatable bonds is 2. The summed E-state index contributed by atoms with van der Waals surface area (Å²) in [4.78, 5) is 4.49. The lowest BCUT2D eigenvalue weighted by atomic mass is 9.91. The van der Waals surface area contributed by atoms with Crippen molar-refractivity contribution in [3.8, 4) is 0 Å². The molecule has 96 valence electrons. The predicted octanol–water partition coefficient (Wildman–Crippen LogP) is 1.72. The Balaban J connectivity index is 1.84. The standard InChI is InChI=1S/C13H19N5/c1-9-5-4-8-12-16-13(17-18(9)12)15-11-7-3-2-6-10(11)14/h4-5,8,10-11H,2-3,6-7,14H2,1H3,(H,15,17). The number of hydrogen-bond acceptors (Lipinski definition) is 4. The molecule has 0 bridgehead atoms. The zero-order chi connectivity index (χ0) is 12.5. The van der Waals surface area contributed by atoms with E-state index in [0.717, 1.165) is 24.2 Å². The minimum absolute atomic E-state index is 0.214. The van der Waals surface area contributed by atoms with E-state index < -0.39 is 0 Å². The molecule has 0 aliphatic heterocycles. The van der Waals surface area contributed by atoms with Gasteiger partial charge < -0.3 is 11.1 Å². The number of aryl methyl sites for hydroxylation is 1. The topological polar surface area (TPSA) is 68.2 Å². The maximum absolute atomic E-state index is 6.13. The first kappa shape index (κ1) is 11.5. The number of hydrogen-bond donors (Lipinski definition) is 2. The number of fused-ring (bicyclic) bond motifs is 1. The molecule has 2 aromatic heterocycles. The lowest BCUT2D eigenvalue weighted by molar-refractivity contribution is 0.402. The molecule has 2 aromatic rings. The van der Waals surface area contributed by atoms with Crippen LogP contribution in [0, 0.1) is 6.92 Å². The van der Waals surface area contributed by atoms with Crippen LogP contribution in [0.25, 0.3) is 5.65 Å². The predicted molar refractivity (Wildman–Crippen MR) is 71.6 cm³/mol. The van der Waals surface area contributed by atoms with Crippen molar-refractivity contribution in [3.63, 3.8) is 0 Å². The van der Waals surface area contributed by atoms with Crippen molar-refractivity contribution in [1.29, 1.82) is 0 Å². The molecular formula is C13H19N5. The summed E-state index contributed by atoms with van der Waals surface area (Å²) in [6, 6.07) is 6.50. The highest BCUT2D eigenvalue weighted by Crippen LogP contribution is 2.20. The molecule has 3 N–H and O–H groups in total. The number of nitrogens with one attached hydrogen (secondary N) is 1. The molecule has 0 amide bonds. The number of pyridine rings is 1. The van der Waals surface area contributed by atoms with Gasteiger partial charge in [-0.15, -0.1) is 5.10 Å². The van der Waals surface area contributed by atoms with Gasteiger partial charge >= 0.3 is 0 Å². The number of nitrogens with two attached hydrogens (primary N) is 1. The molecule has 0 aromatic carbocycles. The molecule has 0 radical (unpaired) electrons. The number of aromatic nitrogens is 3. The summed E-state index contributed by atoms with van der Waals surface area (Å²) in [5, 5.41) is 7.86. The van der Waals surface area contributed by atoms with Gasteiger partial charge in [0.25, 0.3) is 0 Å². The van der Waals surface area contributed by atoms with Crippen LogP contribution < -0.4 is 11.1 Å². The lowest BCUT2D eigenvalue weighted by Crippen LogP contribution is -2.42. The van der Waals surface area contributed by atoms with Gasteiger partial charge in [-0.1, -0.05) is 18.9 Å². The van der Waals surface area contributed by atoms with Gasteiger partial charge in [0, 0.05) is 17.8 Å². The third kappa shape index (κ3) is 2.06. The fraction of sp³-hybridized carbons (Fsp3) is 0.538. The van der Waals surface area contributed by atoms with Crippen molar-refractivity contribution >= 4 is 11.6 Å². The highest BCUT2D eigenvalue weighted by atomic mass is 15.4. The van der Waals surface area contributed by atoms with Crippen LogP contribution in [0.1, 0.15) is 31.4 Å². The fourth-order valence-electron chi connectivity index (χ4n) is 2.60. The van der Waals surface area contributed by atoms with Crippen LogP contribution in [0.5, 0.6) is 0 Å². The van der Waals surface area contributed by atoms with E-state index in [-0.39, 0.29) is 6.04 Å². The Bertz CT molecular complexity index is 547. The van der Waals surface area contributed by atoms with E-state index in [1.807, 2.05) is 29.6 Å². The Hall–Kier alpha value is -1.62. The summed E-state index contributed by atoms with van der Waals surface area (Å²) in [7, 11) is 0. The van der Waals surface area contributed by atoms with Crippen LogP contribution in [0.3, 0.4) is 0 Å². The summed E-state index contributed by atoms with van der Waals surface area (Å²) in [5.41, 5.74) is 8.09. The molecule has 18 heavy (non-hydrogen) atoms. The van der Waals surface area contributed by atoms with Crippen LogP contribution in [0.15, 0.2) is 18.2 Å². The normalized spacial score (nSPS) is 24.3. The average Bonchev–Trinajstić information content (AvgIpc) is 2.76. The molecule has 2 unspecified atom stereocenters. The summed E-state index contributed by atoms with van der Waals surface area (Å²) >= 11 is 0. The molecule has 5 nitrogen and oxygen atoms in total. The number of anilines is 1. The van der Waals surface area contributed by atoms with Crippen LogP contribution in [0.2, 0.25) is 0 Å².